The number of aromatic nitrogens is 1. The predicted octanol–water partition coefficient (Wildman–Crippen LogP) is 3.15. The number of anilines is 1. The first kappa shape index (κ1) is 8.72. The number of halogens is 1. The van der Waals surface area contributed by atoms with E-state index in [2.05, 4.69) is 20.9 Å². The van der Waals surface area contributed by atoms with Crippen molar-refractivity contribution in [1.82, 2.24) is 4.98 Å². The second-order valence-electron chi connectivity index (χ2n) is 2.59. The van der Waals surface area contributed by atoms with Gasteiger partial charge < -0.3 is 5.73 Å². The minimum Gasteiger partial charge on any atom is -0.399 e. The summed E-state index contributed by atoms with van der Waals surface area (Å²) in [6.07, 6.45) is 1.79. The van der Waals surface area contributed by atoms with Crippen LogP contribution in [0.15, 0.2) is 34.2 Å². The summed E-state index contributed by atoms with van der Waals surface area (Å²) in [4.78, 5) is 4.24. The van der Waals surface area contributed by atoms with Crippen molar-refractivity contribution in [2.75, 3.05) is 5.73 Å². The van der Waals surface area contributed by atoms with Crippen LogP contribution < -0.4 is 5.73 Å². The van der Waals surface area contributed by atoms with E-state index in [9.17, 15) is 0 Å². The van der Waals surface area contributed by atoms with Crippen molar-refractivity contribution in [1.29, 1.82) is 0 Å². The average molecular weight is 255 g/mol. The SMILES string of the molecule is Nc1cccc(-c2ncc(Br)s2)c1. The number of benzene rings is 1. The Kier molecular flexibility index (Phi) is 2.33. The first-order valence-corrected chi connectivity index (χ1v) is 5.34. The summed E-state index contributed by atoms with van der Waals surface area (Å²) < 4.78 is 1.03. The third kappa shape index (κ3) is 1.89. The van der Waals surface area contributed by atoms with Crippen LogP contribution in [0.2, 0.25) is 0 Å². The zero-order valence-electron chi connectivity index (χ0n) is 6.70. The van der Waals surface area contributed by atoms with E-state index < -0.39 is 0 Å². The highest BCUT2D eigenvalue weighted by atomic mass is 79.9. The standard InChI is InChI=1S/C9H7BrN2S/c10-8-5-12-9(13-8)6-2-1-3-7(11)4-6/h1-5H,11H2. The lowest BCUT2D eigenvalue weighted by Gasteiger charge is -1.96. The Labute approximate surface area is 88.6 Å². The third-order valence-electron chi connectivity index (χ3n) is 1.61. The summed E-state index contributed by atoms with van der Waals surface area (Å²) in [5.74, 6) is 0. The van der Waals surface area contributed by atoms with Gasteiger partial charge in [0.1, 0.15) is 5.01 Å². The molecule has 2 aromatic rings. The number of hydrogen-bond donors (Lipinski definition) is 1. The summed E-state index contributed by atoms with van der Waals surface area (Å²) in [6.45, 7) is 0. The van der Waals surface area contributed by atoms with E-state index in [-0.39, 0.29) is 0 Å². The Morgan fingerprint density at radius 3 is 2.85 bits per heavy atom. The molecule has 0 aliphatic heterocycles. The van der Waals surface area contributed by atoms with Crippen molar-refractivity contribution in [3.63, 3.8) is 0 Å². The number of nitrogens with two attached hydrogens (primary N) is 1. The summed E-state index contributed by atoms with van der Waals surface area (Å²) in [7, 11) is 0. The topological polar surface area (TPSA) is 38.9 Å². The molecule has 0 radical (unpaired) electrons. The van der Waals surface area contributed by atoms with Gasteiger partial charge in [-0.2, -0.15) is 0 Å². The molecule has 1 heterocycles. The smallest absolute Gasteiger partial charge is 0.124 e. The molecule has 0 atom stereocenters. The molecule has 0 amide bonds. The van der Waals surface area contributed by atoms with E-state index in [1.54, 1.807) is 17.5 Å². The summed E-state index contributed by atoms with van der Waals surface area (Å²) in [5.41, 5.74) is 7.50. The van der Waals surface area contributed by atoms with Gasteiger partial charge in [-0.15, -0.1) is 11.3 Å². The molecule has 0 saturated carbocycles. The Bertz CT molecular complexity index is 425. The fraction of sp³-hybridized carbons (Fsp3) is 0. The predicted molar refractivity (Wildman–Crippen MR) is 59.7 cm³/mol. The maximum atomic E-state index is 5.67. The first-order chi connectivity index (χ1) is 6.25. The van der Waals surface area contributed by atoms with Crippen LogP contribution in [-0.2, 0) is 0 Å². The van der Waals surface area contributed by atoms with Crippen molar-refractivity contribution in [2.45, 2.75) is 0 Å². The molecule has 2 nitrogen and oxygen atoms in total. The summed E-state index contributed by atoms with van der Waals surface area (Å²) >= 11 is 4.97. The maximum Gasteiger partial charge on any atom is 0.124 e. The van der Waals surface area contributed by atoms with Gasteiger partial charge in [-0.25, -0.2) is 4.98 Å². The lowest BCUT2D eigenvalue weighted by molar-refractivity contribution is 1.41. The van der Waals surface area contributed by atoms with Gasteiger partial charge in [0.05, 0.1) is 9.98 Å². The molecule has 66 valence electrons. The van der Waals surface area contributed by atoms with E-state index in [4.69, 9.17) is 5.73 Å². The molecule has 0 aliphatic carbocycles. The molecule has 0 bridgehead atoms. The van der Waals surface area contributed by atoms with Crippen LogP contribution in [0.4, 0.5) is 5.69 Å². The van der Waals surface area contributed by atoms with E-state index >= 15 is 0 Å². The lowest BCUT2D eigenvalue weighted by Crippen LogP contribution is -1.84. The van der Waals surface area contributed by atoms with Crippen LogP contribution in [0.1, 0.15) is 0 Å². The molecule has 1 aromatic carbocycles. The van der Waals surface area contributed by atoms with Gasteiger partial charge in [0.2, 0.25) is 0 Å². The van der Waals surface area contributed by atoms with Crippen LogP contribution in [0.3, 0.4) is 0 Å². The molecular weight excluding hydrogens is 248 g/mol. The van der Waals surface area contributed by atoms with Gasteiger partial charge in [-0.1, -0.05) is 12.1 Å². The van der Waals surface area contributed by atoms with Crippen molar-refractivity contribution in [3.8, 4) is 10.6 Å². The Morgan fingerprint density at radius 2 is 2.23 bits per heavy atom. The number of nitrogen functional groups attached to an aromatic ring is 1. The van der Waals surface area contributed by atoms with Crippen LogP contribution in [0, 0.1) is 0 Å². The van der Waals surface area contributed by atoms with Crippen LogP contribution in [0.25, 0.3) is 10.6 Å². The maximum absolute atomic E-state index is 5.67. The highest BCUT2D eigenvalue weighted by molar-refractivity contribution is 9.11. The Balaban J connectivity index is 2.46. The van der Waals surface area contributed by atoms with Gasteiger partial charge in [0.25, 0.3) is 0 Å². The molecule has 0 unspecified atom stereocenters. The molecule has 2 N–H and O–H groups in total. The molecule has 0 aliphatic rings. The largest absolute Gasteiger partial charge is 0.399 e. The minimum atomic E-state index is 0.767. The molecular formula is C9H7BrN2S. The van der Waals surface area contributed by atoms with Gasteiger partial charge >= 0.3 is 0 Å². The summed E-state index contributed by atoms with van der Waals surface area (Å²) in [5, 5.41) is 0.985. The molecule has 1 aromatic heterocycles. The fourth-order valence-corrected chi connectivity index (χ4v) is 2.26. The van der Waals surface area contributed by atoms with Crippen molar-refractivity contribution >= 4 is 33.0 Å². The second kappa shape index (κ2) is 3.47. The van der Waals surface area contributed by atoms with Crippen LogP contribution in [0.5, 0.6) is 0 Å². The number of thiazole rings is 1. The van der Waals surface area contributed by atoms with Crippen molar-refractivity contribution in [3.05, 3.63) is 34.2 Å². The molecule has 2 rings (SSSR count). The minimum absolute atomic E-state index is 0.767. The quantitative estimate of drug-likeness (QED) is 0.795. The zero-order valence-corrected chi connectivity index (χ0v) is 9.10. The normalized spacial score (nSPS) is 10.2. The molecule has 4 heteroatoms. The fourth-order valence-electron chi connectivity index (χ4n) is 1.06. The van der Waals surface area contributed by atoms with Crippen LogP contribution >= 0.6 is 27.3 Å². The monoisotopic (exact) mass is 254 g/mol. The van der Waals surface area contributed by atoms with E-state index in [1.165, 1.54) is 0 Å². The highest BCUT2D eigenvalue weighted by Gasteiger charge is 2.02. The average Bonchev–Trinajstić information content (AvgIpc) is 2.52. The summed E-state index contributed by atoms with van der Waals surface area (Å²) in [6, 6.07) is 7.72. The van der Waals surface area contributed by atoms with E-state index in [0.29, 0.717) is 0 Å². The van der Waals surface area contributed by atoms with E-state index in [0.717, 1.165) is 20.0 Å². The van der Waals surface area contributed by atoms with E-state index in [1.807, 2.05) is 24.3 Å². The number of hydrogen-bond acceptors (Lipinski definition) is 3. The third-order valence-corrected chi connectivity index (χ3v) is 3.14. The van der Waals surface area contributed by atoms with Gasteiger partial charge in [0, 0.05) is 11.3 Å². The van der Waals surface area contributed by atoms with Gasteiger partial charge in [-0.3, -0.25) is 0 Å². The first-order valence-electron chi connectivity index (χ1n) is 3.73. The molecule has 0 fully saturated rings. The lowest BCUT2D eigenvalue weighted by atomic mass is 10.2. The molecule has 13 heavy (non-hydrogen) atoms. The van der Waals surface area contributed by atoms with Crippen molar-refractivity contribution < 1.29 is 0 Å². The number of rotatable bonds is 1. The number of nitrogens with zero attached hydrogens (tertiary/aromatic N) is 1. The zero-order chi connectivity index (χ0) is 9.26. The van der Waals surface area contributed by atoms with Crippen LogP contribution in [-0.4, -0.2) is 4.98 Å². The van der Waals surface area contributed by atoms with Gasteiger partial charge in [-0.05, 0) is 28.1 Å². The molecule has 0 saturated heterocycles. The van der Waals surface area contributed by atoms with Gasteiger partial charge in [0.15, 0.2) is 0 Å². The second-order valence-corrected chi connectivity index (χ2v) is 5.00. The Hall–Kier alpha value is -0.870. The van der Waals surface area contributed by atoms with Crippen molar-refractivity contribution in [2.24, 2.45) is 0 Å². The Morgan fingerprint density at radius 1 is 1.38 bits per heavy atom. The highest BCUT2D eigenvalue weighted by Crippen LogP contribution is 2.28. The molecule has 0 spiro atoms.